The van der Waals surface area contributed by atoms with Gasteiger partial charge in [0.1, 0.15) is 24.7 Å². The number of nitrogens with zero attached hydrogens (tertiary/aromatic N) is 3. The van der Waals surface area contributed by atoms with Crippen LogP contribution in [0.4, 0.5) is 27.6 Å². The van der Waals surface area contributed by atoms with E-state index in [1.165, 1.54) is 18.6 Å². The molecule has 6 nitrogen and oxygen atoms in total. The number of H-pyrrole nitrogens is 1. The summed E-state index contributed by atoms with van der Waals surface area (Å²) in [4.78, 5) is 8.04. The smallest absolute Gasteiger partial charge is 0.420 e. The van der Waals surface area contributed by atoms with Gasteiger partial charge in [0, 0.05) is 23.6 Å². The van der Waals surface area contributed by atoms with Crippen LogP contribution in [0.1, 0.15) is 23.0 Å². The Labute approximate surface area is 155 Å². The summed E-state index contributed by atoms with van der Waals surface area (Å²) in [6, 6.07) is 5.82. The fraction of sp³-hybridized carbons (Fsp3) is 0.235. The van der Waals surface area contributed by atoms with Gasteiger partial charge < -0.3 is 10.1 Å². The minimum absolute atomic E-state index is 0.0852. The lowest BCUT2D eigenvalue weighted by atomic mass is 10.1. The fourth-order valence-electron chi connectivity index (χ4n) is 2.50. The van der Waals surface area contributed by atoms with E-state index < -0.39 is 36.6 Å². The molecule has 0 saturated heterocycles. The molecule has 0 amide bonds. The highest BCUT2D eigenvalue weighted by Crippen LogP contribution is 2.39. The number of hydrogen-bond acceptors (Lipinski definition) is 5. The highest BCUT2D eigenvalue weighted by atomic mass is 19.4. The lowest BCUT2D eigenvalue weighted by Gasteiger charge is -2.20. The van der Waals surface area contributed by atoms with E-state index in [9.17, 15) is 22.0 Å². The third-order valence-electron chi connectivity index (χ3n) is 3.69. The van der Waals surface area contributed by atoms with Crippen LogP contribution in [-0.4, -0.2) is 33.2 Å². The lowest BCUT2D eigenvalue weighted by Crippen LogP contribution is -2.16. The summed E-state index contributed by atoms with van der Waals surface area (Å²) in [6.45, 7) is -1.13. The van der Waals surface area contributed by atoms with Crippen LogP contribution in [0.2, 0.25) is 0 Å². The molecule has 3 aromatic rings. The van der Waals surface area contributed by atoms with Crippen LogP contribution in [0.5, 0.6) is 5.75 Å². The number of anilines is 1. The van der Waals surface area contributed by atoms with Crippen molar-refractivity contribution >= 4 is 5.69 Å². The van der Waals surface area contributed by atoms with E-state index in [2.05, 4.69) is 30.2 Å². The van der Waals surface area contributed by atoms with Crippen LogP contribution in [0.15, 0.2) is 49.1 Å². The first-order valence-corrected chi connectivity index (χ1v) is 7.98. The zero-order chi connectivity index (χ0) is 20.1. The Kier molecular flexibility index (Phi) is 5.71. The topological polar surface area (TPSA) is 75.7 Å². The van der Waals surface area contributed by atoms with Crippen molar-refractivity contribution in [2.24, 2.45) is 0 Å². The predicted molar refractivity (Wildman–Crippen MR) is 89.0 cm³/mol. The van der Waals surface area contributed by atoms with Crippen molar-refractivity contribution in [2.45, 2.75) is 18.6 Å². The molecule has 1 aromatic carbocycles. The van der Waals surface area contributed by atoms with Crippen molar-refractivity contribution in [1.29, 1.82) is 0 Å². The van der Waals surface area contributed by atoms with Crippen molar-refractivity contribution < 1.29 is 26.7 Å². The zero-order valence-electron chi connectivity index (χ0n) is 14.1. The van der Waals surface area contributed by atoms with Crippen molar-refractivity contribution in [3.63, 3.8) is 0 Å². The van der Waals surface area contributed by atoms with E-state index in [4.69, 9.17) is 0 Å². The molecule has 148 valence electrons. The number of alkyl halides is 5. The van der Waals surface area contributed by atoms with Crippen LogP contribution >= 0.6 is 0 Å². The van der Waals surface area contributed by atoms with Crippen LogP contribution in [0, 0.1) is 0 Å². The Bertz CT molecular complexity index is 887. The third kappa shape index (κ3) is 4.72. The molecule has 3 rings (SSSR count). The molecule has 0 fully saturated rings. The maximum atomic E-state index is 13.4. The standard InChI is InChI=1S/C17H14F5N5O/c18-14(19)8-28-13-4-3-11(6-12(13)17(20,21)22)26-15(16-24-9-25-27-16)10-2-1-5-23-7-10/h1-7,9,14-15,26H,8H2,(H,24,25,27)/t15-/m0/s1. The molecule has 0 radical (unpaired) electrons. The largest absolute Gasteiger partial charge is 0.487 e. The molecule has 0 aliphatic heterocycles. The quantitative estimate of drug-likeness (QED) is 0.586. The summed E-state index contributed by atoms with van der Waals surface area (Å²) < 4.78 is 69.3. The molecule has 2 N–H and O–H groups in total. The van der Waals surface area contributed by atoms with Crippen molar-refractivity contribution in [2.75, 3.05) is 11.9 Å². The molecular formula is C17H14F5N5O. The van der Waals surface area contributed by atoms with Crippen molar-refractivity contribution in [3.8, 4) is 5.75 Å². The van der Waals surface area contributed by atoms with Crippen LogP contribution in [0.3, 0.4) is 0 Å². The van der Waals surface area contributed by atoms with Crippen LogP contribution < -0.4 is 10.1 Å². The van der Waals surface area contributed by atoms with E-state index in [0.29, 0.717) is 11.4 Å². The van der Waals surface area contributed by atoms with Gasteiger partial charge in [-0.15, -0.1) is 0 Å². The minimum atomic E-state index is -4.79. The van der Waals surface area contributed by atoms with Gasteiger partial charge in [-0.1, -0.05) is 6.07 Å². The summed E-state index contributed by atoms with van der Waals surface area (Å²) in [5.41, 5.74) is -0.450. The van der Waals surface area contributed by atoms with Gasteiger partial charge in [0.25, 0.3) is 6.43 Å². The monoisotopic (exact) mass is 399 g/mol. The van der Waals surface area contributed by atoms with Gasteiger partial charge in [-0.3, -0.25) is 10.1 Å². The molecule has 0 spiro atoms. The number of nitrogens with one attached hydrogen (secondary N) is 2. The van der Waals surface area contributed by atoms with Crippen LogP contribution in [0.25, 0.3) is 0 Å². The van der Waals surface area contributed by atoms with Gasteiger partial charge >= 0.3 is 6.18 Å². The summed E-state index contributed by atoms with van der Waals surface area (Å²) in [6.07, 6.45) is -3.32. The molecular weight excluding hydrogens is 385 g/mol. The van der Waals surface area contributed by atoms with E-state index >= 15 is 0 Å². The number of rotatable bonds is 7. The SMILES string of the molecule is FC(F)COc1ccc(N[C@@H](c2cccnc2)c2ncn[nH]2)cc1C(F)(F)F. The van der Waals surface area contributed by atoms with Crippen LogP contribution in [-0.2, 0) is 6.18 Å². The maximum Gasteiger partial charge on any atom is 0.420 e. The Morgan fingerprint density at radius 3 is 2.61 bits per heavy atom. The second kappa shape index (κ2) is 8.19. The number of aromatic amines is 1. The van der Waals surface area contributed by atoms with E-state index in [1.54, 1.807) is 18.3 Å². The minimum Gasteiger partial charge on any atom is -0.487 e. The van der Waals surface area contributed by atoms with E-state index in [0.717, 1.165) is 12.1 Å². The first-order valence-electron chi connectivity index (χ1n) is 7.98. The van der Waals surface area contributed by atoms with Gasteiger partial charge in [0.05, 0.1) is 5.56 Å². The predicted octanol–water partition coefficient (Wildman–Crippen LogP) is 4.06. The summed E-state index contributed by atoms with van der Waals surface area (Å²) in [5.74, 6) is -0.310. The van der Waals surface area contributed by atoms with Gasteiger partial charge in [0.15, 0.2) is 5.82 Å². The van der Waals surface area contributed by atoms with Gasteiger partial charge in [0.2, 0.25) is 0 Å². The Balaban J connectivity index is 1.93. The normalized spacial score (nSPS) is 12.8. The van der Waals surface area contributed by atoms with Gasteiger partial charge in [-0.05, 0) is 24.3 Å². The third-order valence-corrected chi connectivity index (χ3v) is 3.69. The Hall–Kier alpha value is -3.24. The fourth-order valence-corrected chi connectivity index (χ4v) is 2.50. The number of hydrogen-bond donors (Lipinski definition) is 2. The summed E-state index contributed by atoms with van der Waals surface area (Å²) >= 11 is 0. The first kappa shape index (κ1) is 19.5. The lowest BCUT2D eigenvalue weighted by molar-refractivity contribution is -0.139. The summed E-state index contributed by atoms with van der Waals surface area (Å²) in [7, 11) is 0. The number of halogens is 5. The maximum absolute atomic E-state index is 13.4. The van der Waals surface area contributed by atoms with Gasteiger partial charge in [-0.25, -0.2) is 13.8 Å². The molecule has 2 heterocycles. The summed E-state index contributed by atoms with van der Waals surface area (Å²) in [5, 5.41) is 9.34. The number of benzene rings is 1. The highest BCUT2D eigenvalue weighted by molar-refractivity contribution is 5.54. The van der Waals surface area contributed by atoms with E-state index in [-0.39, 0.29) is 5.69 Å². The number of aromatic nitrogens is 4. The second-order valence-corrected chi connectivity index (χ2v) is 5.65. The number of ether oxygens (including phenoxy) is 1. The molecule has 0 saturated carbocycles. The molecule has 0 aliphatic carbocycles. The zero-order valence-corrected chi connectivity index (χ0v) is 14.1. The van der Waals surface area contributed by atoms with Crippen molar-refractivity contribution in [3.05, 3.63) is 66.0 Å². The molecule has 1 atom stereocenters. The molecule has 0 bridgehead atoms. The Morgan fingerprint density at radius 2 is 2.00 bits per heavy atom. The second-order valence-electron chi connectivity index (χ2n) is 5.65. The highest BCUT2D eigenvalue weighted by Gasteiger charge is 2.35. The first-order chi connectivity index (χ1) is 13.3. The number of pyridine rings is 1. The molecule has 11 heteroatoms. The average molecular weight is 399 g/mol. The molecule has 0 unspecified atom stereocenters. The molecule has 0 aliphatic rings. The van der Waals surface area contributed by atoms with Crippen molar-refractivity contribution in [1.82, 2.24) is 20.2 Å². The van der Waals surface area contributed by atoms with Gasteiger partial charge in [-0.2, -0.15) is 18.3 Å². The Morgan fingerprint density at radius 1 is 1.18 bits per heavy atom. The van der Waals surface area contributed by atoms with E-state index in [1.807, 2.05) is 0 Å². The molecule has 2 aromatic heterocycles. The molecule has 28 heavy (non-hydrogen) atoms. The average Bonchev–Trinajstić information content (AvgIpc) is 3.19.